The van der Waals surface area contributed by atoms with Crippen LogP contribution in [0.25, 0.3) is 0 Å². The summed E-state index contributed by atoms with van der Waals surface area (Å²) in [4.78, 5) is 9.68. The van der Waals surface area contributed by atoms with E-state index in [1.165, 1.54) is 0 Å². The summed E-state index contributed by atoms with van der Waals surface area (Å²) in [7, 11) is 0. The summed E-state index contributed by atoms with van der Waals surface area (Å²) in [6, 6.07) is 11.8. The van der Waals surface area contributed by atoms with Gasteiger partial charge in [-0.25, -0.2) is 9.97 Å². The molecule has 0 bridgehead atoms. The van der Waals surface area contributed by atoms with Crippen molar-refractivity contribution < 1.29 is 4.74 Å². The topological polar surface area (TPSA) is 61.0 Å². The van der Waals surface area contributed by atoms with Crippen molar-refractivity contribution in [2.24, 2.45) is 0 Å². The van der Waals surface area contributed by atoms with E-state index in [1.807, 2.05) is 37.3 Å². The SMILES string of the molecule is CCOCc1nc(N)cc(Sc2ccccc2)n1. The molecule has 2 rings (SSSR count). The number of nitrogen functional groups attached to an aromatic ring is 1. The number of nitrogens with two attached hydrogens (primary N) is 1. The molecule has 4 nitrogen and oxygen atoms in total. The summed E-state index contributed by atoms with van der Waals surface area (Å²) < 4.78 is 5.29. The predicted octanol–water partition coefficient (Wildman–Crippen LogP) is 2.75. The molecule has 0 unspecified atom stereocenters. The van der Waals surface area contributed by atoms with Crippen molar-refractivity contribution in [2.45, 2.75) is 23.5 Å². The summed E-state index contributed by atoms with van der Waals surface area (Å²) >= 11 is 1.56. The second-order valence-electron chi connectivity index (χ2n) is 3.60. The number of hydrogen-bond acceptors (Lipinski definition) is 5. The highest BCUT2D eigenvalue weighted by Crippen LogP contribution is 2.26. The van der Waals surface area contributed by atoms with Crippen LogP contribution in [0, 0.1) is 0 Å². The van der Waals surface area contributed by atoms with Gasteiger partial charge in [-0.1, -0.05) is 30.0 Å². The number of ether oxygens (including phenoxy) is 1. The Labute approximate surface area is 111 Å². The zero-order valence-corrected chi connectivity index (χ0v) is 11.0. The van der Waals surface area contributed by atoms with Gasteiger partial charge in [-0.05, 0) is 19.1 Å². The van der Waals surface area contributed by atoms with Crippen molar-refractivity contribution in [1.82, 2.24) is 9.97 Å². The van der Waals surface area contributed by atoms with Gasteiger partial charge in [0.1, 0.15) is 17.5 Å². The van der Waals surface area contributed by atoms with Crippen LogP contribution in [0.5, 0.6) is 0 Å². The van der Waals surface area contributed by atoms with E-state index >= 15 is 0 Å². The van der Waals surface area contributed by atoms with Crippen molar-refractivity contribution >= 4 is 17.6 Å². The second-order valence-corrected chi connectivity index (χ2v) is 4.69. The Balaban J connectivity index is 2.15. The van der Waals surface area contributed by atoms with Crippen LogP contribution in [0.1, 0.15) is 12.7 Å². The highest BCUT2D eigenvalue weighted by Gasteiger charge is 2.04. The maximum atomic E-state index is 5.76. The summed E-state index contributed by atoms with van der Waals surface area (Å²) in [6.45, 7) is 2.97. The molecule has 0 amide bonds. The second kappa shape index (κ2) is 6.37. The lowest BCUT2D eigenvalue weighted by atomic mass is 10.4. The first-order valence-corrected chi connectivity index (χ1v) is 6.53. The van der Waals surface area contributed by atoms with Gasteiger partial charge in [0.05, 0.1) is 0 Å². The minimum atomic E-state index is 0.393. The summed E-state index contributed by atoms with van der Waals surface area (Å²) in [5.74, 6) is 1.09. The Morgan fingerprint density at radius 3 is 2.72 bits per heavy atom. The van der Waals surface area contributed by atoms with E-state index in [1.54, 1.807) is 17.8 Å². The molecule has 1 heterocycles. The summed E-state index contributed by atoms with van der Waals surface area (Å²) in [6.07, 6.45) is 0. The first kappa shape index (κ1) is 12.9. The molecule has 0 aliphatic carbocycles. The van der Waals surface area contributed by atoms with E-state index in [9.17, 15) is 0 Å². The van der Waals surface area contributed by atoms with E-state index < -0.39 is 0 Å². The number of nitrogens with zero attached hydrogens (tertiary/aromatic N) is 2. The van der Waals surface area contributed by atoms with E-state index in [-0.39, 0.29) is 0 Å². The molecule has 2 N–H and O–H groups in total. The van der Waals surface area contributed by atoms with Gasteiger partial charge < -0.3 is 10.5 Å². The summed E-state index contributed by atoms with van der Waals surface area (Å²) in [5, 5.41) is 0.836. The lowest BCUT2D eigenvalue weighted by Gasteiger charge is -2.05. The highest BCUT2D eigenvalue weighted by molar-refractivity contribution is 7.99. The third kappa shape index (κ3) is 3.72. The third-order valence-electron chi connectivity index (χ3n) is 2.17. The lowest BCUT2D eigenvalue weighted by Crippen LogP contribution is -2.03. The van der Waals surface area contributed by atoms with Crippen LogP contribution in [0.4, 0.5) is 5.82 Å². The molecule has 0 saturated heterocycles. The Hall–Kier alpha value is -1.59. The molecule has 0 aliphatic heterocycles. The number of aromatic nitrogens is 2. The molecule has 2 aromatic rings. The number of benzene rings is 1. The van der Waals surface area contributed by atoms with E-state index in [2.05, 4.69) is 9.97 Å². The van der Waals surface area contributed by atoms with Crippen molar-refractivity contribution in [2.75, 3.05) is 12.3 Å². The molecule has 0 radical (unpaired) electrons. The fraction of sp³-hybridized carbons (Fsp3) is 0.231. The number of hydrogen-bond donors (Lipinski definition) is 1. The van der Waals surface area contributed by atoms with Gasteiger partial charge in [-0.3, -0.25) is 0 Å². The Bertz CT molecular complexity index is 505. The van der Waals surface area contributed by atoms with Crippen molar-refractivity contribution in [3.05, 3.63) is 42.2 Å². The Kier molecular flexibility index (Phi) is 4.55. The van der Waals surface area contributed by atoms with Gasteiger partial charge in [0.15, 0.2) is 5.82 Å². The molecular weight excluding hydrogens is 246 g/mol. The van der Waals surface area contributed by atoms with Crippen molar-refractivity contribution in [3.8, 4) is 0 Å². The minimum Gasteiger partial charge on any atom is -0.384 e. The van der Waals surface area contributed by atoms with Crippen molar-refractivity contribution in [1.29, 1.82) is 0 Å². The average Bonchev–Trinajstić information content (AvgIpc) is 2.37. The zero-order chi connectivity index (χ0) is 12.8. The zero-order valence-electron chi connectivity index (χ0n) is 10.2. The molecule has 1 aromatic heterocycles. The smallest absolute Gasteiger partial charge is 0.157 e. The van der Waals surface area contributed by atoms with Crippen LogP contribution >= 0.6 is 11.8 Å². The molecule has 0 atom stereocenters. The molecule has 0 aliphatic rings. The molecule has 1 aromatic carbocycles. The first-order chi connectivity index (χ1) is 8.78. The van der Waals surface area contributed by atoms with E-state index in [4.69, 9.17) is 10.5 Å². The molecule has 0 fully saturated rings. The van der Waals surface area contributed by atoms with Crippen LogP contribution in [-0.4, -0.2) is 16.6 Å². The van der Waals surface area contributed by atoms with Gasteiger partial charge in [0.2, 0.25) is 0 Å². The highest BCUT2D eigenvalue weighted by atomic mass is 32.2. The minimum absolute atomic E-state index is 0.393. The fourth-order valence-electron chi connectivity index (χ4n) is 1.41. The standard InChI is InChI=1S/C13H15N3OS/c1-2-17-9-12-15-11(14)8-13(16-12)18-10-6-4-3-5-7-10/h3-8H,2,9H2,1H3,(H2,14,15,16). The van der Waals surface area contributed by atoms with Crippen LogP contribution in [0.2, 0.25) is 0 Å². The van der Waals surface area contributed by atoms with Crippen LogP contribution < -0.4 is 5.73 Å². The van der Waals surface area contributed by atoms with Gasteiger partial charge in [0.25, 0.3) is 0 Å². The van der Waals surface area contributed by atoms with E-state index in [0.717, 1.165) is 9.92 Å². The number of rotatable bonds is 5. The maximum Gasteiger partial charge on any atom is 0.157 e. The van der Waals surface area contributed by atoms with Gasteiger partial charge in [0, 0.05) is 17.6 Å². The summed E-state index contributed by atoms with van der Waals surface area (Å²) in [5.41, 5.74) is 5.76. The van der Waals surface area contributed by atoms with Crippen molar-refractivity contribution in [3.63, 3.8) is 0 Å². The van der Waals surface area contributed by atoms with Crippen LogP contribution in [0.15, 0.2) is 46.3 Å². The molecule has 0 saturated carbocycles. The lowest BCUT2D eigenvalue weighted by molar-refractivity contribution is 0.128. The predicted molar refractivity (Wildman–Crippen MR) is 72.3 cm³/mol. The molecule has 94 valence electrons. The van der Waals surface area contributed by atoms with Gasteiger partial charge >= 0.3 is 0 Å². The first-order valence-electron chi connectivity index (χ1n) is 5.72. The monoisotopic (exact) mass is 261 g/mol. The normalized spacial score (nSPS) is 10.5. The largest absolute Gasteiger partial charge is 0.384 e. The van der Waals surface area contributed by atoms with Crippen LogP contribution in [0.3, 0.4) is 0 Å². The molecule has 5 heteroatoms. The third-order valence-corrected chi connectivity index (χ3v) is 3.10. The Morgan fingerprint density at radius 2 is 2.00 bits per heavy atom. The Morgan fingerprint density at radius 1 is 1.22 bits per heavy atom. The average molecular weight is 261 g/mol. The molecule has 0 spiro atoms. The quantitative estimate of drug-likeness (QED) is 0.839. The molecular formula is C13H15N3OS. The molecule has 18 heavy (non-hydrogen) atoms. The van der Waals surface area contributed by atoms with Crippen LogP contribution in [-0.2, 0) is 11.3 Å². The fourth-order valence-corrected chi connectivity index (χ4v) is 2.28. The van der Waals surface area contributed by atoms with E-state index in [0.29, 0.717) is 24.9 Å². The maximum absolute atomic E-state index is 5.76. The van der Waals surface area contributed by atoms with Gasteiger partial charge in [-0.15, -0.1) is 0 Å². The number of anilines is 1. The van der Waals surface area contributed by atoms with Gasteiger partial charge in [-0.2, -0.15) is 0 Å².